The second-order valence-corrected chi connectivity index (χ2v) is 16.3. The maximum Gasteiger partial charge on any atom is 0.417 e. The summed E-state index contributed by atoms with van der Waals surface area (Å²) >= 11 is 0. The van der Waals surface area contributed by atoms with E-state index in [1.54, 1.807) is 0 Å². The molecule has 0 fully saturated rings. The Balaban J connectivity index is 1.10. The molecule has 0 spiro atoms. The van der Waals surface area contributed by atoms with Gasteiger partial charge in [-0.1, -0.05) is 42.5 Å². The Labute approximate surface area is 400 Å². The molecular formula is C50H36F12N6O4. The maximum absolute atomic E-state index is 14.5. The summed E-state index contributed by atoms with van der Waals surface area (Å²) in [5.41, 5.74) is 0.269. The molecule has 0 radical (unpaired) electrons. The van der Waals surface area contributed by atoms with Crippen LogP contribution in [0.25, 0.3) is 22.3 Å². The number of hydrogen-bond donors (Lipinski definition) is 6. The first-order chi connectivity index (χ1) is 33.6. The summed E-state index contributed by atoms with van der Waals surface area (Å²) in [6.45, 7) is 0. The number of anilines is 4. The van der Waals surface area contributed by atoms with Crippen molar-refractivity contribution in [2.24, 2.45) is 11.5 Å². The van der Waals surface area contributed by atoms with Crippen LogP contribution in [-0.2, 0) is 34.3 Å². The Morgan fingerprint density at radius 2 is 0.639 bits per heavy atom. The van der Waals surface area contributed by atoms with Crippen LogP contribution in [0.2, 0.25) is 0 Å². The van der Waals surface area contributed by atoms with E-state index in [9.17, 15) is 71.9 Å². The van der Waals surface area contributed by atoms with E-state index >= 15 is 0 Å². The molecule has 8 N–H and O–H groups in total. The third-order valence-corrected chi connectivity index (χ3v) is 11.2. The summed E-state index contributed by atoms with van der Waals surface area (Å²) < 4.78 is 174. The van der Waals surface area contributed by atoms with Crippen LogP contribution in [0.1, 0.15) is 68.7 Å². The molecule has 5 aromatic carbocycles. The van der Waals surface area contributed by atoms with Gasteiger partial charge in [0.25, 0.3) is 23.6 Å². The van der Waals surface area contributed by atoms with Gasteiger partial charge in [0.2, 0.25) is 0 Å². The van der Waals surface area contributed by atoms with Crippen LogP contribution < -0.4 is 32.7 Å². The number of alkyl halides is 12. The molecule has 7 rings (SSSR count). The molecule has 0 unspecified atom stereocenters. The fourth-order valence-corrected chi connectivity index (χ4v) is 7.68. The second kappa shape index (κ2) is 19.8. The number of amides is 4. The third-order valence-electron chi connectivity index (χ3n) is 11.2. The van der Waals surface area contributed by atoms with Gasteiger partial charge in [-0.25, -0.2) is 0 Å². The van der Waals surface area contributed by atoms with Crippen molar-refractivity contribution in [1.82, 2.24) is 0 Å². The normalized spacial score (nSPS) is 14.3. The first-order valence-corrected chi connectivity index (χ1v) is 21.2. The average molecular weight is 1010 g/mol. The van der Waals surface area contributed by atoms with E-state index in [2.05, 4.69) is 21.3 Å². The number of carbonyl (C=O) groups is 4. The van der Waals surface area contributed by atoms with Crippen LogP contribution >= 0.6 is 0 Å². The van der Waals surface area contributed by atoms with Crippen LogP contribution in [0.5, 0.6) is 0 Å². The average Bonchev–Trinajstić information content (AvgIpc) is 3.31. The van der Waals surface area contributed by atoms with E-state index in [4.69, 9.17) is 11.5 Å². The SMILES string of the molecule is NC1=CC=C(C(=O)Nc2ccc(-c3ccc(NC(=O)c4cccc(C(=O)Nc5ccc(-c6ccc(NC(=O)C7=CC=C(N)CC7)cc6C(F)(F)F)c(C(F)(F)F)c5)c4)cc3C(F)(F)F)c(C(F)(F)F)c2)CC1. The number of allylic oxidation sites excluding steroid dienone is 6. The van der Waals surface area contributed by atoms with Crippen LogP contribution in [0, 0.1) is 0 Å². The van der Waals surface area contributed by atoms with Crippen molar-refractivity contribution >= 4 is 46.4 Å². The quantitative estimate of drug-likeness (QED) is 0.0761. The minimum Gasteiger partial charge on any atom is -0.402 e. The zero-order valence-electron chi connectivity index (χ0n) is 36.7. The number of carbonyl (C=O) groups excluding carboxylic acids is 4. The molecule has 0 aliphatic heterocycles. The zero-order chi connectivity index (χ0) is 52.5. The molecule has 0 atom stereocenters. The molecule has 4 amide bonds. The van der Waals surface area contributed by atoms with Gasteiger partial charge in [0.05, 0.1) is 22.3 Å². The molecule has 0 saturated carbocycles. The first-order valence-electron chi connectivity index (χ1n) is 21.2. The standard InChI is InChI=1S/C50H36F12N6O4/c51-47(52,53)39-21-31(65-43(69)25-4-8-29(63)9-5-25)12-16-35(39)37-18-14-33(23-41(37)49(57,58)59)67-45(71)27-2-1-3-28(20-27)46(72)68-34-15-19-38(42(24-34)50(60,61)62)36-17-13-32(22-40(36)48(54,55)56)66-44(70)26-6-10-30(64)11-7-26/h1-4,6,8,10,12-24H,5,7,9,11,63-64H2,(H,65,69)(H,66,70)(H,67,71)(H,68,72). The minimum absolute atomic E-state index is 0.196. The monoisotopic (exact) mass is 1010 g/mol. The fraction of sp³-hybridized carbons (Fsp3) is 0.160. The van der Waals surface area contributed by atoms with Gasteiger partial charge in [-0.2, -0.15) is 52.7 Å². The highest BCUT2D eigenvalue weighted by Crippen LogP contribution is 2.46. The molecule has 2 aliphatic carbocycles. The van der Waals surface area contributed by atoms with Crippen LogP contribution in [0.4, 0.5) is 75.4 Å². The van der Waals surface area contributed by atoms with Gasteiger partial charge < -0.3 is 32.7 Å². The summed E-state index contributed by atoms with van der Waals surface area (Å²) in [6.07, 6.45) is -14.3. The highest BCUT2D eigenvalue weighted by Gasteiger charge is 2.41. The van der Waals surface area contributed by atoms with E-state index in [0.717, 1.165) is 60.7 Å². The van der Waals surface area contributed by atoms with Gasteiger partial charge in [0, 0.05) is 56.4 Å². The Kier molecular flexibility index (Phi) is 14.2. The fourth-order valence-electron chi connectivity index (χ4n) is 7.68. The number of hydrogen-bond acceptors (Lipinski definition) is 6. The zero-order valence-corrected chi connectivity index (χ0v) is 36.7. The number of benzene rings is 5. The lowest BCUT2D eigenvalue weighted by Gasteiger charge is -2.20. The van der Waals surface area contributed by atoms with Gasteiger partial charge in [-0.15, -0.1) is 0 Å². The van der Waals surface area contributed by atoms with E-state index in [-0.39, 0.29) is 46.5 Å². The number of nitrogens with two attached hydrogens (primary N) is 2. The van der Waals surface area contributed by atoms with Crippen LogP contribution in [0.3, 0.4) is 0 Å². The molecule has 0 aromatic heterocycles. The predicted octanol–water partition coefficient (Wildman–Crippen LogP) is 12.6. The molecule has 0 saturated heterocycles. The first kappa shape index (κ1) is 51.5. The van der Waals surface area contributed by atoms with Crippen molar-refractivity contribution in [3.05, 3.63) is 177 Å². The molecule has 5 aromatic rings. The third kappa shape index (κ3) is 12.0. The van der Waals surface area contributed by atoms with E-state index in [1.165, 1.54) is 24.3 Å². The number of rotatable bonds is 10. The van der Waals surface area contributed by atoms with Crippen molar-refractivity contribution < 1.29 is 71.9 Å². The highest BCUT2D eigenvalue weighted by molar-refractivity contribution is 6.09. The van der Waals surface area contributed by atoms with Crippen molar-refractivity contribution in [1.29, 1.82) is 0 Å². The Bertz CT molecular complexity index is 2940. The molecule has 22 heteroatoms. The Morgan fingerprint density at radius 1 is 0.361 bits per heavy atom. The number of halogens is 12. The van der Waals surface area contributed by atoms with Gasteiger partial charge in [0.1, 0.15) is 0 Å². The lowest BCUT2D eigenvalue weighted by atomic mass is 9.93. The molecule has 0 bridgehead atoms. The van der Waals surface area contributed by atoms with Crippen molar-refractivity contribution in [2.75, 3.05) is 21.3 Å². The molecular weight excluding hydrogens is 977 g/mol. The minimum atomic E-state index is -5.29. The summed E-state index contributed by atoms with van der Waals surface area (Å²) in [4.78, 5) is 52.1. The maximum atomic E-state index is 14.5. The largest absolute Gasteiger partial charge is 0.417 e. The summed E-state index contributed by atoms with van der Waals surface area (Å²) in [7, 11) is 0. The Morgan fingerprint density at radius 3 is 0.889 bits per heavy atom. The van der Waals surface area contributed by atoms with Crippen molar-refractivity contribution in [2.45, 2.75) is 50.4 Å². The second-order valence-electron chi connectivity index (χ2n) is 16.3. The molecule has 72 heavy (non-hydrogen) atoms. The molecule has 2 aliphatic rings. The van der Waals surface area contributed by atoms with Crippen molar-refractivity contribution in [3.63, 3.8) is 0 Å². The van der Waals surface area contributed by atoms with Gasteiger partial charge in [-0.05, 0) is 127 Å². The van der Waals surface area contributed by atoms with Crippen LogP contribution in [0.15, 0.2) is 144 Å². The molecule has 374 valence electrons. The van der Waals surface area contributed by atoms with Crippen LogP contribution in [-0.4, -0.2) is 23.6 Å². The molecule has 10 nitrogen and oxygen atoms in total. The Hall–Kier alpha value is -8.30. The summed E-state index contributed by atoms with van der Waals surface area (Å²) in [5, 5.41) is 8.96. The van der Waals surface area contributed by atoms with Gasteiger partial charge >= 0.3 is 24.7 Å². The van der Waals surface area contributed by atoms with Gasteiger partial charge in [-0.3, -0.25) is 19.2 Å². The molecule has 0 heterocycles. The lowest BCUT2D eigenvalue weighted by Crippen LogP contribution is -2.18. The predicted molar refractivity (Wildman–Crippen MR) is 243 cm³/mol. The van der Waals surface area contributed by atoms with E-state index < -0.39 is 104 Å². The highest BCUT2D eigenvalue weighted by atomic mass is 19.4. The topological polar surface area (TPSA) is 168 Å². The van der Waals surface area contributed by atoms with E-state index in [1.807, 2.05) is 0 Å². The smallest absolute Gasteiger partial charge is 0.402 e. The summed E-state index contributed by atoms with van der Waals surface area (Å²) in [5.74, 6) is -3.75. The van der Waals surface area contributed by atoms with E-state index in [0.29, 0.717) is 60.6 Å². The van der Waals surface area contributed by atoms with Gasteiger partial charge in [0.15, 0.2) is 0 Å². The lowest BCUT2D eigenvalue weighted by molar-refractivity contribution is -0.139. The summed E-state index contributed by atoms with van der Waals surface area (Å²) in [6, 6.07) is 12.7. The number of nitrogens with one attached hydrogen (secondary N) is 4. The van der Waals surface area contributed by atoms with Crippen molar-refractivity contribution in [3.8, 4) is 22.3 Å².